The van der Waals surface area contributed by atoms with Crippen LogP contribution in [-0.2, 0) is 11.3 Å². The lowest BCUT2D eigenvalue weighted by Gasteiger charge is -2.09. The van der Waals surface area contributed by atoms with Crippen LogP contribution in [-0.4, -0.2) is 45.7 Å². The van der Waals surface area contributed by atoms with Crippen LogP contribution in [0.25, 0.3) is 10.9 Å². The molecule has 0 atom stereocenters. The number of unbranched alkanes of at least 4 members (excludes halogenated alkanes) is 7. The van der Waals surface area contributed by atoms with Crippen LogP contribution in [0.3, 0.4) is 0 Å². The first-order valence-electron chi connectivity index (χ1n) is 12.9. The number of carbonyl (C=O) groups excluding carboxylic acids is 1. The third-order valence-corrected chi connectivity index (χ3v) is 6.20. The van der Waals surface area contributed by atoms with Crippen molar-refractivity contribution in [3.05, 3.63) is 59.8 Å². The summed E-state index contributed by atoms with van der Waals surface area (Å²) in [6.07, 6.45) is 11.3. The summed E-state index contributed by atoms with van der Waals surface area (Å²) in [5.74, 6) is -1.32. The van der Waals surface area contributed by atoms with E-state index in [1.54, 1.807) is 12.1 Å². The van der Waals surface area contributed by atoms with Gasteiger partial charge in [0.15, 0.2) is 5.78 Å². The number of hydrogen-bond acceptors (Lipinski definition) is 5. The van der Waals surface area contributed by atoms with E-state index >= 15 is 0 Å². The molecule has 0 unspecified atom stereocenters. The summed E-state index contributed by atoms with van der Waals surface area (Å²) < 4.78 is 12.9. The van der Waals surface area contributed by atoms with Crippen molar-refractivity contribution in [2.75, 3.05) is 13.2 Å². The molecule has 0 bridgehead atoms. The molecule has 3 rings (SSSR count). The first-order valence-corrected chi connectivity index (χ1v) is 12.9. The Kier molecular flexibility index (Phi) is 10.6. The van der Waals surface area contributed by atoms with Crippen molar-refractivity contribution in [3.63, 3.8) is 0 Å². The van der Waals surface area contributed by atoms with Crippen molar-refractivity contribution in [2.24, 2.45) is 0 Å². The number of carbonyl (C=O) groups is 3. The zero-order valence-corrected chi connectivity index (χ0v) is 21.3. The summed E-state index contributed by atoms with van der Waals surface area (Å²) in [5.41, 5.74) is 0.385. The molecule has 1 aromatic heterocycles. The van der Waals surface area contributed by atoms with Gasteiger partial charge in [-0.15, -0.1) is 0 Å². The van der Waals surface area contributed by atoms with Crippen LogP contribution in [0.15, 0.2) is 48.7 Å². The lowest BCUT2D eigenvalue weighted by molar-refractivity contribution is -0.121. The monoisotopic (exact) mass is 509 g/mol. The molecule has 1 heterocycles. The van der Waals surface area contributed by atoms with Gasteiger partial charge in [-0.2, -0.15) is 0 Å². The van der Waals surface area contributed by atoms with E-state index in [1.807, 2.05) is 12.1 Å². The minimum Gasteiger partial charge on any atom is -0.494 e. The number of carboxylic acid groups (broad SMARTS) is 2. The molecule has 0 saturated carbocycles. The highest BCUT2D eigenvalue weighted by Gasteiger charge is 2.18. The van der Waals surface area contributed by atoms with E-state index in [-0.39, 0.29) is 35.4 Å². The molecule has 2 aromatic carbocycles. The predicted molar refractivity (Wildman–Crippen MR) is 141 cm³/mol. The van der Waals surface area contributed by atoms with Crippen LogP contribution in [0.4, 0.5) is 0 Å². The molecular formula is C29H35NO7. The maximum Gasteiger partial charge on any atom is 0.337 e. The predicted octanol–water partition coefficient (Wildman–Crippen LogP) is 6.21. The van der Waals surface area contributed by atoms with Gasteiger partial charge in [0.05, 0.1) is 24.3 Å². The van der Waals surface area contributed by atoms with Crippen LogP contribution < -0.4 is 9.47 Å². The SMILES string of the molecule is CCCCCCCCCCOc1ccc(OCC(=O)Cn2cc(C(=O)O)c3cc(C(=O)O)ccc32)cc1. The fourth-order valence-corrected chi connectivity index (χ4v) is 4.19. The lowest BCUT2D eigenvalue weighted by Crippen LogP contribution is -2.17. The molecule has 0 spiro atoms. The molecule has 0 amide bonds. The molecule has 0 radical (unpaired) electrons. The number of nitrogens with zero attached hydrogens (tertiary/aromatic N) is 1. The Balaban J connectivity index is 1.44. The van der Waals surface area contributed by atoms with Gasteiger partial charge in [-0.3, -0.25) is 4.79 Å². The van der Waals surface area contributed by atoms with Crippen LogP contribution in [0.2, 0.25) is 0 Å². The number of rotatable bonds is 17. The summed E-state index contributed by atoms with van der Waals surface area (Å²) in [6.45, 7) is 2.61. The lowest BCUT2D eigenvalue weighted by atomic mass is 10.1. The second-order valence-electron chi connectivity index (χ2n) is 9.13. The first-order chi connectivity index (χ1) is 17.9. The van der Waals surface area contributed by atoms with E-state index in [2.05, 4.69) is 6.92 Å². The minimum atomic E-state index is -1.19. The number of carboxylic acids is 2. The van der Waals surface area contributed by atoms with Gasteiger partial charge in [0.1, 0.15) is 18.1 Å². The molecule has 0 saturated heterocycles. The molecule has 8 nitrogen and oxygen atoms in total. The van der Waals surface area contributed by atoms with Gasteiger partial charge < -0.3 is 24.3 Å². The van der Waals surface area contributed by atoms with E-state index < -0.39 is 11.9 Å². The minimum absolute atomic E-state index is 0.0207. The van der Waals surface area contributed by atoms with Gasteiger partial charge in [0.2, 0.25) is 0 Å². The molecule has 37 heavy (non-hydrogen) atoms. The van der Waals surface area contributed by atoms with Crippen molar-refractivity contribution in [1.82, 2.24) is 4.57 Å². The highest BCUT2D eigenvalue weighted by molar-refractivity contribution is 6.06. The van der Waals surface area contributed by atoms with E-state index in [9.17, 15) is 24.6 Å². The van der Waals surface area contributed by atoms with E-state index in [0.29, 0.717) is 17.9 Å². The second-order valence-corrected chi connectivity index (χ2v) is 9.13. The summed E-state index contributed by atoms with van der Waals surface area (Å²) in [5, 5.41) is 18.9. The van der Waals surface area contributed by atoms with Gasteiger partial charge in [0, 0.05) is 17.1 Å². The standard InChI is InChI=1S/C29H35NO7/c1-2-3-4-5-6-7-8-9-16-36-23-11-13-24(14-12-23)37-20-22(31)18-30-19-26(29(34)35)25-17-21(28(32)33)10-15-27(25)30/h10-15,17,19H,2-9,16,18,20H2,1H3,(H,32,33)(H,34,35). The first kappa shape index (κ1) is 27.8. The summed E-state index contributed by atoms with van der Waals surface area (Å²) in [4.78, 5) is 35.4. The average molecular weight is 510 g/mol. The number of benzene rings is 2. The Morgan fingerprint density at radius 1 is 0.784 bits per heavy atom. The highest BCUT2D eigenvalue weighted by atomic mass is 16.5. The number of aromatic nitrogens is 1. The molecule has 8 heteroatoms. The van der Waals surface area contributed by atoms with Crippen molar-refractivity contribution in [2.45, 2.75) is 64.8 Å². The Labute approximate surface area is 216 Å². The Hall–Kier alpha value is -3.81. The zero-order valence-electron chi connectivity index (χ0n) is 21.3. The fraction of sp³-hybridized carbons (Fsp3) is 0.414. The van der Waals surface area contributed by atoms with Crippen molar-refractivity contribution >= 4 is 28.6 Å². The Bertz CT molecular complexity index is 1200. The topological polar surface area (TPSA) is 115 Å². The fourth-order valence-electron chi connectivity index (χ4n) is 4.19. The third-order valence-electron chi connectivity index (χ3n) is 6.20. The largest absolute Gasteiger partial charge is 0.494 e. The average Bonchev–Trinajstić information content (AvgIpc) is 3.25. The number of hydrogen-bond donors (Lipinski definition) is 2. The van der Waals surface area contributed by atoms with Crippen LogP contribution in [0.5, 0.6) is 11.5 Å². The number of ketones is 1. The summed E-state index contributed by atoms with van der Waals surface area (Å²) in [6, 6.07) is 11.3. The van der Waals surface area contributed by atoms with E-state index in [4.69, 9.17) is 9.47 Å². The van der Waals surface area contributed by atoms with E-state index in [1.165, 1.54) is 73.9 Å². The van der Waals surface area contributed by atoms with Crippen molar-refractivity contribution < 1.29 is 34.1 Å². The number of Topliss-reactive ketones (excluding diaryl/α,β-unsaturated/α-hetero) is 1. The molecule has 198 valence electrons. The molecule has 0 aliphatic carbocycles. The molecule has 0 fully saturated rings. The molecular weight excluding hydrogens is 474 g/mol. The maximum absolute atomic E-state index is 12.5. The third kappa shape index (κ3) is 8.37. The van der Waals surface area contributed by atoms with Crippen molar-refractivity contribution in [3.8, 4) is 11.5 Å². The van der Waals surface area contributed by atoms with Crippen LogP contribution in [0, 0.1) is 0 Å². The molecule has 3 aromatic rings. The second kappa shape index (κ2) is 14.1. The number of ether oxygens (including phenoxy) is 2. The summed E-state index contributed by atoms with van der Waals surface area (Å²) in [7, 11) is 0. The van der Waals surface area contributed by atoms with Crippen LogP contribution in [0.1, 0.15) is 79.0 Å². The van der Waals surface area contributed by atoms with Crippen molar-refractivity contribution in [1.29, 1.82) is 0 Å². The molecule has 2 N–H and O–H groups in total. The van der Waals surface area contributed by atoms with Gasteiger partial charge in [-0.05, 0) is 48.9 Å². The quantitative estimate of drug-likeness (QED) is 0.208. The number of aromatic carboxylic acids is 2. The summed E-state index contributed by atoms with van der Waals surface area (Å²) >= 11 is 0. The van der Waals surface area contributed by atoms with Gasteiger partial charge in [-0.25, -0.2) is 9.59 Å². The zero-order chi connectivity index (χ0) is 26.6. The Morgan fingerprint density at radius 3 is 2.03 bits per heavy atom. The maximum atomic E-state index is 12.5. The smallest absolute Gasteiger partial charge is 0.337 e. The van der Waals surface area contributed by atoms with Crippen LogP contribution >= 0.6 is 0 Å². The molecule has 0 aliphatic rings. The van der Waals surface area contributed by atoms with E-state index in [0.717, 1.165) is 12.2 Å². The van der Waals surface area contributed by atoms with Gasteiger partial charge in [0.25, 0.3) is 0 Å². The highest BCUT2D eigenvalue weighted by Crippen LogP contribution is 2.24. The number of fused-ring (bicyclic) bond motifs is 1. The Morgan fingerprint density at radius 2 is 1.41 bits per heavy atom. The molecule has 0 aliphatic heterocycles. The van der Waals surface area contributed by atoms with Gasteiger partial charge >= 0.3 is 11.9 Å². The van der Waals surface area contributed by atoms with Gasteiger partial charge in [-0.1, -0.05) is 51.9 Å². The normalized spacial score (nSPS) is 10.9.